The molecule has 0 bridgehead atoms. The molecule has 3 aromatic heterocycles. The van der Waals surface area contributed by atoms with E-state index >= 15 is 0 Å². The Kier molecular flexibility index (Phi) is 3.57. The summed E-state index contributed by atoms with van der Waals surface area (Å²) in [7, 11) is 0. The number of anilines is 1. The molecule has 0 saturated carbocycles. The molecule has 2 N–H and O–H groups in total. The molecule has 6 heteroatoms. The molecule has 0 spiro atoms. The fourth-order valence-electron chi connectivity index (χ4n) is 3.40. The fraction of sp³-hybridized carbons (Fsp3) is 0.190. The fourth-order valence-corrected chi connectivity index (χ4v) is 3.40. The summed E-state index contributed by atoms with van der Waals surface area (Å²) in [5.74, 6) is 1.34. The number of fused-ring (bicyclic) bond motifs is 4. The van der Waals surface area contributed by atoms with Crippen molar-refractivity contribution in [2.24, 2.45) is 5.92 Å². The predicted molar refractivity (Wildman–Crippen MR) is 109 cm³/mol. The van der Waals surface area contributed by atoms with Crippen LogP contribution in [0.3, 0.4) is 0 Å². The molecule has 0 fully saturated rings. The molecule has 0 aliphatic rings. The number of nitrogens with one attached hydrogen (secondary N) is 2. The Bertz CT molecular complexity index is 1260. The third kappa shape index (κ3) is 2.61. The molecule has 0 amide bonds. The summed E-state index contributed by atoms with van der Waals surface area (Å²) in [5.41, 5.74) is 5.96. The number of benzene rings is 2. The zero-order valence-corrected chi connectivity index (χ0v) is 15.3. The van der Waals surface area contributed by atoms with Gasteiger partial charge >= 0.3 is 0 Å². The maximum absolute atomic E-state index is 4.81. The second-order valence-electron chi connectivity index (χ2n) is 7.20. The zero-order valence-electron chi connectivity index (χ0n) is 15.3. The summed E-state index contributed by atoms with van der Waals surface area (Å²) in [6.45, 7) is 5.22. The van der Waals surface area contributed by atoms with Crippen molar-refractivity contribution in [1.29, 1.82) is 0 Å². The molecule has 27 heavy (non-hydrogen) atoms. The molecule has 0 unspecified atom stereocenters. The van der Waals surface area contributed by atoms with Gasteiger partial charge in [0.05, 0.1) is 34.6 Å². The number of H-pyrrole nitrogens is 1. The monoisotopic (exact) mass is 356 g/mol. The number of hydrogen-bond donors (Lipinski definition) is 2. The molecule has 134 valence electrons. The van der Waals surface area contributed by atoms with E-state index in [0.29, 0.717) is 5.92 Å². The average Bonchev–Trinajstić information content (AvgIpc) is 3.32. The van der Waals surface area contributed by atoms with Crippen molar-refractivity contribution in [2.75, 3.05) is 11.9 Å². The summed E-state index contributed by atoms with van der Waals surface area (Å²) in [6, 6.07) is 14.5. The van der Waals surface area contributed by atoms with Gasteiger partial charge < -0.3 is 5.32 Å². The van der Waals surface area contributed by atoms with Gasteiger partial charge in [-0.1, -0.05) is 38.1 Å². The Hall–Kier alpha value is -3.41. The first kappa shape index (κ1) is 15.8. The molecule has 0 aliphatic carbocycles. The van der Waals surface area contributed by atoms with Crippen molar-refractivity contribution < 1.29 is 0 Å². The van der Waals surface area contributed by atoms with Gasteiger partial charge in [-0.3, -0.25) is 9.50 Å². The van der Waals surface area contributed by atoms with Crippen LogP contribution in [0.1, 0.15) is 13.8 Å². The summed E-state index contributed by atoms with van der Waals surface area (Å²) >= 11 is 0. The maximum Gasteiger partial charge on any atom is 0.181 e. The third-order valence-corrected chi connectivity index (χ3v) is 4.74. The van der Waals surface area contributed by atoms with E-state index in [1.54, 1.807) is 0 Å². The van der Waals surface area contributed by atoms with E-state index in [2.05, 4.69) is 58.0 Å². The normalized spacial score (nSPS) is 11.8. The Labute approximate surface area is 156 Å². The van der Waals surface area contributed by atoms with E-state index < -0.39 is 0 Å². The van der Waals surface area contributed by atoms with Gasteiger partial charge in [-0.2, -0.15) is 5.10 Å². The van der Waals surface area contributed by atoms with Crippen molar-refractivity contribution in [1.82, 2.24) is 24.6 Å². The first-order valence-corrected chi connectivity index (χ1v) is 9.14. The van der Waals surface area contributed by atoms with Gasteiger partial charge in [0.25, 0.3) is 0 Å². The minimum absolute atomic E-state index is 0.524. The van der Waals surface area contributed by atoms with E-state index in [4.69, 9.17) is 9.97 Å². The van der Waals surface area contributed by atoms with Crippen LogP contribution in [0.25, 0.3) is 38.8 Å². The van der Waals surface area contributed by atoms with Gasteiger partial charge in [0.15, 0.2) is 11.5 Å². The highest BCUT2D eigenvalue weighted by molar-refractivity contribution is 5.88. The largest absolute Gasteiger partial charge is 0.367 e. The first-order chi connectivity index (χ1) is 13.2. The van der Waals surface area contributed by atoms with Crippen LogP contribution in [-0.2, 0) is 0 Å². The lowest BCUT2D eigenvalue weighted by Crippen LogP contribution is -2.11. The summed E-state index contributed by atoms with van der Waals surface area (Å²) in [4.78, 5) is 9.52. The number of aromatic amines is 1. The number of rotatable bonds is 4. The van der Waals surface area contributed by atoms with Crippen LogP contribution >= 0.6 is 0 Å². The molecular formula is C21H20N6. The molecule has 5 rings (SSSR count). The first-order valence-electron chi connectivity index (χ1n) is 9.14. The van der Waals surface area contributed by atoms with E-state index in [0.717, 1.165) is 51.2 Å². The van der Waals surface area contributed by atoms with Gasteiger partial charge in [-0.15, -0.1) is 0 Å². The van der Waals surface area contributed by atoms with Gasteiger partial charge in [0.1, 0.15) is 0 Å². The zero-order chi connectivity index (χ0) is 18.4. The van der Waals surface area contributed by atoms with Crippen LogP contribution in [0.5, 0.6) is 0 Å². The second kappa shape index (κ2) is 6.09. The molecule has 0 atom stereocenters. The standard InChI is InChI=1S/C21H20N6/c1-13(2)10-22-20-21-23-12-19(14-7-8-15-11-24-26-17(15)9-14)27(21)18-6-4-3-5-16(18)25-20/h3-9,11-13H,10H2,1-2H3,(H,22,25)(H,24,26). The summed E-state index contributed by atoms with van der Waals surface area (Å²) in [5, 5.41) is 11.7. The quantitative estimate of drug-likeness (QED) is 0.498. The minimum atomic E-state index is 0.524. The van der Waals surface area contributed by atoms with E-state index in [1.807, 2.05) is 30.6 Å². The van der Waals surface area contributed by atoms with Crippen LogP contribution in [0.4, 0.5) is 5.82 Å². The van der Waals surface area contributed by atoms with Crippen LogP contribution < -0.4 is 5.32 Å². The molecule has 5 aromatic rings. The van der Waals surface area contributed by atoms with E-state index in [-0.39, 0.29) is 0 Å². The van der Waals surface area contributed by atoms with Crippen LogP contribution in [0, 0.1) is 5.92 Å². The highest BCUT2D eigenvalue weighted by Gasteiger charge is 2.15. The third-order valence-electron chi connectivity index (χ3n) is 4.74. The summed E-state index contributed by atoms with van der Waals surface area (Å²) in [6.07, 6.45) is 3.75. The van der Waals surface area contributed by atoms with Crippen molar-refractivity contribution in [3.8, 4) is 11.3 Å². The lowest BCUT2D eigenvalue weighted by molar-refractivity contribution is 0.687. The molecular weight excluding hydrogens is 336 g/mol. The molecule has 0 saturated heterocycles. The van der Waals surface area contributed by atoms with Gasteiger partial charge in [0, 0.05) is 17.5 Å². The number of aromatic nitrogens is 5. The second-order valence-corrected chi connectivity index (χ2v) is 7.20. The SMILES string of the molecule is CC(C)CNc1nc2ccccc2n2c(-c3ccc4cn[nH]c4c3)cnc12. The van der Waals surface area contributed by atoms with Crippen LogP contribution in [-0.4, -0.2) is 31.1 Å². The number of para-hydroxylation sites is 2. The maximum atomic E-state index is 4.81. The lowest BCUT2D eigenvalue weighted by Gasteiger charge is -2.12. The Balaban J connectivity index is 1.78. The molecule has 0 radical (unpaired) electrons. The topological polar surface area (TPSA) is 70.9 Å². The van der Waals surface area contributed by atoms with Crippen LogP contribution in [0.15, 0.2) is 54.9 Å². The van der Waals surface area contributed by atoms with Crippen molar-refractivity contribution in [3.05, 3.63) is 54.9 Å². The number of nitrogens with zero attached hydrogens (tertiary/aromatic N) is 4. The smallest absolute Gasteiger partial charge is 0.181 e. The highest BCUT2D eigenvalue weighted by atomic mass is 15.1. The number of hydrogen-bond acceptors (Lipinski definition) is 4. The van der Waals surface area contributed by atoms with Gasteiger partial charge in [-0.25, -0.2) is 9.97 Å². The van der Waals surface area contributed by atoms with E-state index in [9.17, 15) is 0 Å². The highest BCUT2D eigenvalue weighted by Crippen LogP contribution is 2.29. The molecule has 6 nitrogen and oxygen atoms in total. The van der Waals surface area contributed by atoms with Crippen molar-refractivity contribution in [3.63, 3.8) is 0 Å². The van der Waals surface area contributed by atoms with Crippen molar-refractivity contribution >= 4 is 33.4 Å². The minimum Gasteiger partial charge on any atom is -0.367 e. The van der Waals surface area contributed by atoms with Gasteiger partial charge in [0.2, 0.25) is 0 Å². The Morgan fingerprint density at radius 1 is 1.11 bits per heavy atom. The number of imidazole rings is 1. The lowest BCUT2D eigenvalue weighted by atomic mass is 10.1. The Morgan fingerprint density at radius 2 is 2.00 bits per heavy atom. The predicted octanol–water partition coefficient (Wildman–Crippen LogP) is 4.49. The van der Waals surface area contributed by atoms with Gasteiger partial charge in [-0.05, 0) is 24.1 Å². The van der Waals surface area contributed by atoms with Crippen LogP contribution in [0.2, 0.25) is 0 Å². The Morgan fingerprint density at radius 3 is 2.89 bits per heavy atom. The summed E-state index contributed by atoms with van der Waals surface area (Å²) < 4.78 is 2.18. The molecule has 0 aliphatic heterocycles. The molecule has 2 aromatic carbocycles. The van der Waals surface area contributed by atoms with Crippen molar-refractivity contribution in [2.45, 2.75) is 13.8 Å². The van der Waals surface area contributed by atoms with E-state index in [1.165, 1.54) is 0 Å². The molecule has 3 heterocycles. The average molecular weight is 356 g/mol.